The van der Waals surface area contributed by atoms with Gasteiger partial charge in [0.2, 0.25) is 11.8 Å². The van der Waals surface area contributed by atoms with Crippen molar-refractivity contribution >= 4 is 30.1 Å². The maximum absolute atomic E-state index is 12.3. The number of benzene rings is 1. The zero-order valence-electron chi connectivity index (χ0n) is 15.5. The summed E-state index contributed by atoms with van der Waals surface area (Å²) in [6.45, 7) is 0.762. The molecule has 6 N–H and O–H groups in total. The van der Waals surface area contributed by atoms with Crippen LogP contribution in [0.15, 0.2) is 24.3 Å². The highest BCUT2D eigenvalue weighted by atomic mass is 35.5. The Morgan fingerprint density at radius 2 is 1.63 bits per heavy atom. The van der Waals surface area contributed by atoms with Crippen molar-refractivity contribution in [3.05, 3.63) is 35.4 Å². The molecule has 0 heterocycles. The average Bonchev–Trinajstić information content (AvgIpc) is 2.65. The molecule has 0 bridgehead atoms. The fourth-order valence-electron chi connectivity index (χ4n) is 3.40. The van der Waals surface area contributed by atoms with Crippen molar-refractivity contribution in [1.82, 2.24) is 10.6 Å². The van der Waals surface area contributed by atoms with Crippen LogP contribution in [0.3, 0.4) is 0 Å². The smallest absolute Gasteiger partial charge is 0.251 e. The summed E-state index contributed by atoms with van der Waals surface area (Å²) in [5.74, 6) is -0.937. The number of hydrogen-bond acceptors (Lipinski definition) is 4. The van der Waals surface area contributed by atoms with Gasteiger partial charge in [-0.05, 0) is 42.5 Å². The van der Waals surface area contributed by atoms with Crippen LogP contribution in [0.5, 0.6) is 0 Å². The molecule has 1 saturated carbocycles. The molecule has 1 aromatic rings. The van der Waals surface area contributed by atoms with Gasteiger partial charge >= 0.3 is 0 Å². The van der Waals surface area contributed by atoms with E-state index in [1.54, 1.807) is 24.3 Å². The third-order valence-corrected chi connectivity index (χ3v) is 5.01. The molecule has 1 aliphatic carbocycles. The fourth-order valence-corrected chi connectivity index (χ4v) is 3.40. The third-order valence-electron chi connectivity index (χ3n) is 5.01. The molecule has 0 spiro atoms. The summed E-state index contributed by atoms with van der Waals surface area (Å²) in [5.41, 5.74) is 12.2. The molecular formula is C19H29ClN4O3. The predicted molar refractivity (Wildman–Crippen MR) is 106 cm³/mol. The topological polar surface area (TPSA) is 127 Å². The molecule has 7 nitrogen and oxygen atoms in total. The van der Waals surface area contributed by atoms with Gasteiger partial charge in [0.05, 0.1) is 6.54 Å². The Kier molecular flexibility index (Phi) is 9.25. The highest BCUT2D eigenvalue weighted by molar-refractivity contribution is 5.96. The Bertz CT molecular complexity index is 643. The molecule has 0 aromatic heterocycles. The van der Waals surface area contributed by atoms with Crippen LogP contribution < -0.4 is 22.1 Å². The number of nitrogens with two attached hydrogens (primary N) is 2. The van der Waals surface area contributed by atoms with E-state index in [4.69, 9.17) is 11.5 Å². The van der Waals surface area contributed by atoms with Crippen LogP contribution in [0.4, 0.5) is 0 Å². The van der Waals surface area contributed by atoms with Gasteiger partial charge in [-0.25, -0.2) is 0 Å². The zero-order chi connectivity index (χ0) is 19.0. The summed E-state index contributed by atoms with van der Waals surface area (Å²) in [6, 6.07) is 6.86. The Morgan fingerprint density at radius 1 is 1.00 bits per heavy atom. The SMILES string of the molecule is Cl.NCC1(CC(=O)NCc2ccc(C(=O)NCC(N)=O)cc2)CCCCC1. The first-order chi connectivity index (χ1) is 12.4. The molecule has 1 aliphatic rings. The summed E-state index contributed by atoms with van der Waals surface area (Å²) < 4.78 is 0. The standard InChI is InChI=1S/C19H28N4O3.ClH/c20-13-19(8-2-1-3-9-19)10-17(25)22-11-14-4-6-15(7-5-14)18(26)23-12-16(21)24;/h4-7H,1-3,8-13,20H2,(H2,21,24)(H,22,25)(H,23,26);1H. The first-order valence-corrected chi connectivity index (χ1v) is 9.06. The minimum atomic E-state index is -0.592. The summed E-state index contributed by atoms with van der Waals surface area (Å²) in [6.07, 6.45) is 6.02. The van der Waals surface area contributed by atoms with Crippen LogP contribution in [-0.2, 0) is 16.1 Å². The van der Waals surface area contributed by atoms with Crippen molar-refractivity contribution in [2.24, 2.45) is 16.9 Å². The van der Waals surface area contributed by atoms with Gasteiger partial charge in [-0.2, -0.15) is 0 Å². The molecule has 0 aliphatic heterocycles. The molecule has 1 aromatic carbocycles. The number of halogens is 1. The van der Waals surface area contributed by atoms with Gasteiger partial charge < -0.3 is 22.1 Å². The second-order valence-electron chi connectivity index (χ2n) is 7.06. The van der Waals surface area contributed by atoms with E-state index in [1.165, 1.54) is 6.42 Å². The first kappa shape index (κ1) is 22.9. The highest BCUT2D eigenvalue weighted by Crippen LogP contribution is 2.38. The minimum absolute atomic E-state index is 0. The van der Waals surface area contributed by atoms with Gasteiger partial charge in [-0.15, -0.1) is 12.4 Å². The number of amides is 3. The van der Waals surface area contributed by atoms with Crippen LogP contribution in [0, 0.1) is 5.41 Å². The zero-order valence-corrected chi connectivity index (χ0v) is 16.3. The van der Waals surface area contributed by atoms with Crippen LogP contribution >= 0.6 is 12.4 Å². The monoisotopic (exact) mass is 396 g/mol. The number of nitrogens with one attached hydrogen (secondary N) is 2. The predicted octanol–water partition coefficient (Wildman–Crippen LogP) is 1.24. The van der Waals surface area contributed by atoms with Crippen molar-refractivity contribution in [3.63, 3.8) is 0 Å². The first-order valence-electron chi connectivity index (χ1n) is 9.06. The lowest BCUT2D eigenvalue weighted by Gasteiger charge is -2.35. The van der Waals surface area contributed by atoms with Crippen molar-refractivity contribution in [3.8, 4) is 0 Å². The molecule has 0 atom stereocenters. The average molecular weight is 397 g/mol. The van der Waals surface area contributed by atoms with Crippen molar-refractivity contribution in [1.29, 1.82) is 0 Å². The summed E-state index contributed by atoms with van der Waals surface area (Å²) >= 11 is 0. The number of carbonyl (C=O) groups is 3. The molecule has 2 rings (SSSR count). The molecule has 8 heteroatoms. The van der Waals surface area contributed by atoms with Gasteiger partial charge in [0.1, 0.15) is 0 Å². The van der Waals surface area contributed by atoms with Crippen LogP contribution in [-0.4, -0.2) is 30.8 Å². The Balaban J connectivity index is 0.00000364. The molecule has 0 unspecified atom stereocenters. The number of primary amides is 1. The molecule has 150 valence electrons. The molecule has 27 heavy (non-hydrogen) atoms. The number of hydrogen-bond donors (Lipinski definition) is 4. The van der Waals surface area contributed by atoms with Gasteiger partial charge in [0.25, 0.3) is 5.91 Å². The molecule has 0 radical (unpaired) electrons. The van der Waals surface area contributed by atoms with E-state index in [1.807, 2.05) is 0 Å². The largest absolute Gasteiger partial charge is 0.368 e. The van der Waals surface area contributed by atoms with E-state index in [0.29, 0.717) is 25.1 Å². The second kappa shape index (κ2) is 10.9. The lowest BCUT2D eigenvalue weighted by molar-refractivity contribution is -0.124. The van der Waals surface area contributed by atoms with Crippen LogP contribution in [0.1, 0.15) is 54.4 Å². The van der Waals surface area contributed by atoms with Crippen LogP contribution in [0.25, 0.3) is 0 Å². The van der Waals surface area contributed by atoms with Crippen molar-refractivity contribution in [2.75, 3.05) is 13.1 Å². The number of carbonyl (C=O) groups excluding carboxylic acids is 3. The minimum Gasteiger partial charge on any atom is -0.368 e. The van der Waals surface area contributed by atoms with Gasteiger partial charge in [0.15, 0.2) is 0 Å². The number of rotatable bonds is 8. The van der Waals surface area contributed by atoms with Gasteiger partial charge in [-0.1, -0.05) is 31.4 Å². The van der Waals surface area contributed by atoms with E-state index in [2.05, 4.69) is 10.6 Å². The van der Waals surface area contributed by atoms with Crippen molar-refractivity contribution in [2.45, 2.75) is 45.1 Å². The lowest BCUT2D eigenvalue weighted by Crippen LogP contribution is -2.38. The Morgan fingerprint density at radius 3 is 2.19 bits per heavy atom. The highest BCUT2D eigenvalue weighted by Gasteiger charge is 2.32. The fraction of sp³-hybridized carbons (Fsp3) is 0.526. The molecule has 1 fully saturated rings. The lowest BCUT2D eigenvalue weighted by atomic mass is 9.71. The molecule has 0 saturated heterocycles. The van der Waals surface area contributed by atoms with Crippen LogP contribution in [0.2, 0.25) is 0 Å². The normalized spacial score (nSPS) is 15.3. The maximum Gasteiger partial charge on any atom is 0.251 e. The summed E-state index contributed by atoms with van der Waals surface area (Å²) in [5, 5.41) is 5.37. The molecular weight excluding hydrogens is 368 g/mol. The second-order valence-corrected chi connectivity index (χ2v) is 7.06. The molecule has 3 amide bonds. The Labute approximate surface area is 166 Å². The van der Waals surface area contributed by atoms with E-state index >= 15 is 0 Å². The van der Waals surface area contributed by atoms with E-state index < -0.39 is 5.91 Å². The van der Waals surface area contributed by atoms with E-state index in [0.717, 1.165) is 31.2 Å². The van der Waals surface area contributed by atoms with Crippen molar-refractivity contribution < 1.29 is 14.4 Å². The third kappa shape index (κ3) is 7.19. The van der Waals surface area contributed by atoms with Gasteiger partial charge in [0, 0.05) is 18.5 Å². The quantitative estimate of drug-likeness (QED) is 0.527. The summed E-state index contributed by atoms with van der Waals surface area (Å²) in [4.78, 5) is 34.8. The maximum atomic E-state index is 12.3. The Hall–Kier alpha value is -2.12. The van der Waals surface area contributed by atoms with E-state index in [-0.39, 0.29) is 36.2 Å². The summed E-state index contributed by atoms with van der Waals surface area (Å²) in [7, 11) is 0. The van der Waals surface area contributed by atoms with E-state index in [9.17, 15) is 14.4 Å². The van der Waals surface area contributed by atoms with Gasteiger partial charge in [-0.3, -0.25) is 14.4 Å².